The molecular weight excluding hydrogens is 320 g/mol. The molecule has 0 fully saturated rings. The summed E-state index contributed by atoms with van der Waals surface area (Å²) >= 11 is 0. The summed E-state index contributed by atoms with van der Waals surface area (Å²) in [6.07, 6.45) is 1.25. The molecule has 0 aromatic heterocycles. The SMILES string of the molecule is CCC.COc1ccc(-c2ccc(OC)cc2)cc1.Cc1ccccc1. The van der Waals surface area contributed by atoms with E-state index in [1.54, 1.807) is 14.2 Å². The van der Waals surface area contributed by atoms with Crippen molar-refractivity contribution in [2.24, 2.45) is 0 Å². The molecule has 0 heterocycles. The topological polar surface area (TPSA) is 18.5 Å². The Balaban J connectivity index is 0.000000280. The van der Waals surface area contributed by atoms with Crippen molar-refractivity contribution in [3.63, 3.8) is 0 Å². The highest BCUT2D eigenvalue weighted by atomic mass is 16.5. The van der Waals surface area contributed by atoms with E-state index in [0.29, 0.717) is 0 Å². The van der Waals surface area contributed by atoms with Crippen LogP contribution in [0.25, 0.3) is 11.1 Å². The molecule has 0 spiro atoms. The summed E-state index contributed by atoms with van der Waals surface area (Å²) in [5.41, 5.74) is 3.66. The molecule has 2 nitrogen and oxygen atoms in total. The van der Waals surface area contributed by atoms with Gasteiger partial charge in [-0.15, -0.1) is 0 Å². The molecular formula is C24H30O2. The number of hydrogen-bond donors (Lipinski definition) is 0. The highest BCUT2D eigenvalue weighted by Gasteiger charge is 1.98. The summed E-state index contributed by atoms with van der Waals surface area (Å²) in [6.45, 7) is 6.33. The lowest BCUT2D eigenvalue weighted by Crippen LogP contribution is -1.84. The highest BCUT2D eigenvalue weighted by molar-refractivity contribution is 5.64. The summed E-state index contributed by atoms with van der Waals surface area (Å²) in [6, 6.07) is 26.3. The smallest absolute Gasteiger partial charge is 0.118 e. The first-order valence-corrected chi connectivity index (χ1v) is 8.94. The molecule has 138 valence electrons. The van der Waals surface area contributed by atoms with Crippen molar-refractivity contribution in [2.75, 3.05) is 14.2 Å². The Morgan fingerprint density at radius 2 is 0.923 bits per heavy atom. The van der Waals surface area contributed by atoms with Gasteiger partial charge in [-0.25, -0.2) is 0 Å². The van der Waals surface area contributed by atoms with Crippen molar-refractivity contribution in [3.05, 3.63) is 84.4 Å². The summed E-state index contributed by atoms with van der Waals surface area (Å²) in [4.78, 5) is 0. The molecule has 0 aliphatic carbocycles. The van der Waals surface area contributed by atoms with Gasteiger partial charge in [0.2, 0.25) is 0 Å². The van der Waals surface area contributed by atoms with Gasteiger partial charge in [0.25, 0.3) is 0 Å². The molecule has 0 unspecified atom stereocenters. The quantitative estimate of drug-likeness (QED) is 0.518. The van der Waals surface area contributed by atoms with Crippen LogP contribution in [0.3, 0.4) is 0 Å². The minimum absolute atomic E-state index is 0.872. The van der Waals surface area contributed by atoms with Crippen LogP contribution in [-0.4, -0.2) is 14.2 Å². The van der Waals surface area contributed by atoms with Crippen molar-refractivity contribution in [1.29, 1.82) is 0 Å². The maximum absolute atomic E-state index is 5.12. The fraction of sp³-hybridized carbons (Fsp3) is 0.250. The third-order valence-corrected chi connectivity index (χ3v) is 3.45. The summed E-state index contributed by atoms with van der Waals surface area (Å²) in [7, 11) is 3.34. The number of rotatable bonds is 3. The van der Waals surface area contributed by atoms with Crippen LogP contribution < -0.4 is 9.47 Å². The van der Waals surface area contributed by atoms with Gasteiger partial charge in [0.1, 0.15) is 11.5 Å². The van der Waals surface area contributed by atoms with E-state index in [2.05, 4.69) is 32.9 Å². The third kappa shape index (κ3) is 7.89. The van der Waals surface area contributed by atoms with E-state index in [4.69, 9.17) is 9.47 Å². The van der Waals surface area contributed by atoms with E-state index in [1.165, 1.54) is 23.1 Å². The standard InChI is InChI=1S/C14H14O2.C7H8.C3H8/c1-15-13-7-3-11(4-8-13)12-5-9-14(16-2)10-6-12;1-7-5-3-2-4-6-7;1-3-2/h3-10H,1-2H3;2-6H,1H3;3H2,1-2H3. The van der Waals surface area contributed by atoms with Crippen molar-refractivity contribution < 1.29 is 9.47 Å². The van der Waals surface area contributed by atoms with Crippen molar-refractivity contribution >= 4 is 0 Å². The molecule has 3 aromatic rings. The van der Waals surface area contributed by atoms with Crippen molar-refractivity contribution in [2.45, 2.75) is 27.2 Å². The summed E-state index contributed by atoms with van der Waals surface area (Å²) in [5, 5.41) is 0. The largest absolute Gasteiger partial charge is 0.497 e. The Morgan fingerprint density at radius 3 is 1.15 bits per heavy atom. The average molecular weight is 351 g/mol. The van der Waals surface area contributed by atoms with E-state index in [-0.39, 0.29) is 0 Å². The predicted octanol–water partition coefficient (Wildman–Crippen LogP) is 6.78. The average Bonchev–Trinajstić information content (AvgIpc) is 2.70. The minimum Gasteiger partial charge on any atom is -0.497 e. The fourth-order valence-electron chi connectivity index (χ4n) is 2.10. The van der Waals surface area contributed by atoms with Gasteiger partial charge in [0.05, 0.1) is 14.2 Å². The Kier molecular flexibility index (Phi) is 10.3. The van der Waals surface area contributed by atoms with Crippen molar-refractivity contribution in [1.82, 2.24) is 0 Å². The van der Waals surface area contributed by atoms with E-state index >= 15 is 0 Å². The number of hydrogen-bond acceptors (Lipinski definition) is 2. The Morgan fingerprint density at radius 1 is 0.577 bits per heavy atom. The molecule has 26 heavy (non-hydrogen) atoms. The predicted molar refractivity (Wildman–Crippen MR) is 112 cm³/mol. The van der Waals surface area contributed by atoms with E-state index < -0.39 is 0 Å². The second kappa shape index (κ2) is 12.6. The molecule has 0 N–H and O–H groups in total. The Bertz CT molecular complexity index is 656. The monoisotopic (exact) mass is 350 g/mol. The van der Waals surface area contributed by atoms with Crippen LogP contribution in [0.2, 0.25) is 0 Å². The maximum Gasteiger partial charge on any atom is 0.118 e. The molecule has 0 radical (unpaired) electrons. The van der Waals surface area contributed by atoms with Gasteiger partial charge in [-0.05, 0) is 42.3 Å². The Labute approximate surface area is 158 Å². The van der Waals surface area contributed by atoms with Crippen LogP contribution in [0.1, 0.15) is 25.8 Å². The zero-order chi connectivity index (χ0) is 19.2. The lowest BCUT2D eigenvalue weighted by atomic mass is 10.1. The summed E-state index contributed by atoms with van der Waals surface area (Å²) in [5.74, 6) is 1.74. The van der Waals surface area contributed by atoms with Gasteiger partial charge in [-0.1, -0.05) is 80.4 Å². The number of methoxy groups -OCH3 is 2. The lowest BCUT2D eigenvalue weighted by Gasteiger charge is -2.05. The number of aryl methyl sites for hydroxylation is 1. The van der Waals surface area contributed by atoms with E-state index in [1.807, 2.05) is 66.7 Å². The van der Waals surface area contributed by atoms with Crippen LogP contribution in [0.4, 0.5) is 0 Å². The van der Waals surface area contributed by atoms with Gasteiger partial charge in [-0.3, -0.25) is 0 Å². The molecule has 0 amide bonds. The molecule has 2 heteroatoms. The van der Waals surface area contributed by atoms with Crippen LogP contribution in [-0.2, 0) is 0 Å². The van der Waals surface area contributed by atoms with Gasteiger partial charge in [-0.2, -0.15) is 0 Å². The molecule has 3 rings (SSSR count). The molecule has 3 aromatic carbocycles. The molecule has 0 atom stereocenters. The van der Waals surface area contributed by atoms with Gasteiger partial charge in [0.15, 0.2) is 0 Å². The molecule has 0 aliphatic heterocycles. The summed E-state index contributed by atoms with van der Waals surface area (Å²) < 4.78 is 10.2. The van der Waals surface area contributed by atoms with Crippen LogP contribution in [0, 0.1) is 6.92 Å². The first-order chi connectivity index (χ1) is 12.6. The first-order valence-electron chi connectivity index (χ1n) is 8.94. The van der Waals surface area contributed by atoms with Crippen LogP contribution >= 0.6 is 0 Å². The fourth-order valence-corrected chi connectivity index (χ4v) is 2.10. The normalized spacial score (nSPS) is 9.12. The number of benzene rings is 3. The zero-order valence-electron chi connectivity index (χ0n) is 16.5. The van der Waals surface area contributed by atoms with Gasteiger partial charge in [0, 0.05) is 0 Å². The molecule has 0 aliphatic rings. The third-order valence-electron chi connectivity index (χ3n) is 3.45. The first kappa shape index (κ1) is 21.3. The lowest BCUT2D eigenvalue weighted by molar-refractivity contribution is 0.414. The van der Waals surface area contributed by atoms with E-state index in [0.717, 1.165) is 11.5 Å². The number of ether oxygens (including phenoxy) is 2. The Hall–Kier alpha value is -2.74. The molecule has 0 saturated heterocycles. The minimum atomic E-state index is 0.872. The molecule has 0 saturated carbocycles. The second-order valence-corrected chi connectivity index (χ2v) is 5.82. The van der Waals surface area contributed by atoms with Crippen LogP contribution in [0.5, 0.6) is 11.5 Å². The maximum atomic E-state index is 5.12. The van der Waals surface area contributed by atoms with Gasteiger partial charge < -0.3 is 9.47 Å². The van der Waals surface area contributed by atoms with Crippen molar-refractivity contribution in [3.8, 4) is 22.6 Å². The zero-order valence-corrected chi connectivity index (χ0v) is 16.5. The van der Waals surface area contributed by atoms with E-state index in [9.17, 15) is 0 Å². The highest BCUT2D eigenvalue weighted by Crippen LogP contribution is 2.24. The second-order valence-electron chi connectivity index (χ2n) is 5.82. The van der Waals surface area contributed by atoms with Gasteiger partial charge >= 0.3 is 0 Å². The van der Waals surface area contributed by atoms with Crippen LogP contribution in [0.15, 0.2) is 78.9 Å². The molecule has 0 bridgehead atoms.